The fourth-order valence-corrected chi connectivity index (χ4v) is 2.14. The first kappa shape index (κ1) is 15.6. The van der Waals surface area contributed by atoms with Crippen LogP contribution in [0.25, 0.3) is 0 Å². The smallest absolute Gasteiger partial charge is 0.317 e. The number of rotatable bonds is 6. The molecular weight excluding hydrogens is 278 g/mol. The summed E-state index contributed by atoms with van der Waals surface area (Å²) in [5, 5.41) is 14.2. The molecule has 21 heavy (non-hydrogen) atoms. The number of carbonyl (C=O) groups is 3. The Morgan fingerprint density at radius 1 is 1.29 bits per heavy atom. The molecular formula is C13H21N3O5. The molecule has 1 heterocycles. The minimum atomic E-state index is -0.945. The average Bonchev–Trinajstić information content (AvgIpc) is 3.22. The molecule has 1 saturated heterocycles. The number of hydrogen-bond acceptors (Lipinski definition) is 4. The van der Waals surface area contributed by atoms with Gasteiger partial charge in [0, 0.05) is 32.1 Å². The van der Waals surface area contributed by atoms with Crippen molar-refractivity contribution in [3.63, 3.8) is 0 Å². The van der Waals surface area contributed by atoms with Crippen molar-refractivity contribution >= 4 is 17.9 Å². The molecule has 1 saturated carbocycles. The maximum absolute atomic E-state index is 11.9. The van der Waals surface area contributed by atoms with E-state index in [0.29, 0.717) is 19.2 Å². The first-order chi connectivity index (χ1) is 10.0. The summed E-state index contributed by atoms with van der Waals surface area (Å²) in [5.74, 6) is -0.998. The Morgan fingerprint density at radius 3 is 2.71 bits per heavy atom. The highest BCUT2D eigenvalue weighted by atomic mass is 16.5. The summed E-state index contributed by atoms with van der Waals surface area (Å²) in [6, 6.07) is 0.0390. The summed E-state index contributed by atoms with van der Waals surface area (Å²) in [7, 11) is 0. The summed E-state index contributed by atoms with van der Waals surface area (Å²) in [6.45, 7) is 1.29. The monoisotopic (exact) mass is 299 g/mol. The van der Waals surface area contributed by atoms with Gasteiger partial charge in [0.05, 0.1) is 19.1 Å². The van der Waals surface area contributed by atoms with Gasteiger partial charge >= 0.3 is 12.0 Å². The van der Waals surface area contributed by atoms with Crippen LogP contribution in [0.15, 0.2) is 0 Å². The highest BCUT2D eigenvalue weighted by Crippen LogP contribution is 2.18. The number of morpholine rings is 1. The van der Waals surface area contributed by atoms with E-state index in [0.717, 1.165) is 12.8 Å². The number of carboxylic acids is 1. The summed E-state index contributed by atoms with van der Waals surface area (Å²) in [6.07, 6.45) is 1.74. The van der Waals surface area contributed by atoms with E-state index >= 15 is 0 Å². The molecule has 1 unspecified atom stereocenters. The molecule has 2 aliphatic rings. The number of ether oxygens (including phenoxy) is 1. The van der Waals surface area contributed by atoms with E-state index in [9.17, 15) is 14.4 Å². The van der Waals surface area contributed by atoms with Crippen LogP contribution < -0.4 is 10.6 Å². The molecule has 0 spiro atoms. The van der Waals surface area contributed by atoms with E-state index in [2.05, 4.69) is 10.6 Å². The fourth-order valence-electron chi connectivity index (χ4n) is 2.14. The number of carbonyl (C=O) groups excluding carboxylic acids is 2. The van der Waals surface area contributed by atoms with Gasteiger partial charge in [-0.15, -0.1) is 0 Å². The van der Waals surface area contributed by atoms with Crippen LogP contribution >= 0.6 is 0 Å². The fraction of sp³-hybridized carbons (Fsp3) is 0.769. The van der Waals surface area contributed by atoms with Gasteiger partial charge in [-0.2, -0.15) is 0 Å². The van der Waals surface area contributed by atoms with Crippen LogP contribution in [-0.4, -0.2) is 66.3 Å². The lowest BCUT2D eigenvalue weighted by molar-refractivity contribution is -0.141. The molecule has 0 bridgehead atoms. The summed E-state index contributed by atoms with van der Waals surface area (Å²) in [5.41, 5.74) is 0. The van der Waals surface area contributed by atoms with Crippen LogP contribution in [-0.2, 0) is 14.3 Å². The highest BCUT2D eigenvalue weighted by molar-refractivity contribution is 5.78. The van der Waals surface area contributed by atoms with Crippen LogP contribution in [0.1, 0.15) is 25.7 Å². The van der Waals surface area contributed by atoms with Crippen molar-refractivity contribution in [3.05, 3.63) is 0 Å². The largest absolute Gasteiger partial charge is 0.481 e. The number of aliphatic carboxylic acids is 1. The lowest BCUT2D eigenvalue weighted by Gasteiger charge is -2.32. The van der Waals surface area contributed by atoms with Gasteiger partial charge in [-0.1, -0.05) is 0 Å². The van der Waals surface area contributed by atoms with Gasteiger partial charge in [0.2, 0.25) is 5.91 Å². The van der Waals surface area contributed by atoms with Crippen molar-refractivity contribution in [2.45, 2.75) is 37.8 Å². The molecule has 2 fully saturated rings. The highest BCUT2D eigenvalue weighted by Gasteiger charge is 2.26. The average molecular weight is 299 g/mol. The number of amides is 3. The van der Waals surface area contributed by atoms with E-state index in [1.54, 1.807) is 0 Å². The van der Waals surface area contributed by atoms with Crippen molar-refractivity contribution in [3.8, 4) is 0 Å². The van der Waals surface area contributed by atoms with Gasteiger partial charge in [0.15, 0.2) is 0 Å². The predicted octanol–water partition coefficient (Wildman–Crippen LogP) is -0.460. The lowest BCUT2D eigenvalue weighted by Crippen LogP contribution is -2.50. The zero-order valence-electron chi connectivity index (χ0n) is 11.8. The van der Waals surface area contributed by atoms with E-state index in [4.69, 9.17) is 9.84 Å². The second-order valence-corrected chi connectivity index (χ2v) is 5.36. The molecule has 1 aliphatic heterocycles. The number of carboxylic acid groups (broad SMARTS) is 1. The van der Waals surface area contributed by atoms with Crippen molar-refractivity contribution in [2.24, 2.45) is 0 Å². The normalized spacial score (nSPS) is 21.7. The topological polar surface area (TPSA) is 108 Å². The van der Waals surface area contributed by atoms with E-state index < -0.39 is 12.1 Å². The first-order valence-electron chi connectivity index (χ1n) is 7.20. The Morgan fingerprint density at radius 2 is 2.05 bits per heavy atom. The quantitative estimate of drug-likeness (QED) is 0.615. The second-order valence-electron chi connectivity index (χ2n) is 5.36. The maximum atomic E-state index is 11.9. The first-order valence-corrected chi connectivity index (χ1v) is 7.20. The Hall–Kier alpha value is -1.83. The van der Waals surface area contributed by atoms with Gasteiger partial charge in [-0.05, 0) is 12.8 Å². The van der Waals surface area contributed by atoms with Crippen LogP contribution in [0.4, 0.5) is 4.79 Å². The standard InChI is InChI=1S/C13H21N3O5/c17-11(15-9-1-2-9)3-4-14-13(20)16-5-6-21-10(8-16)7-12(18)19/h9-10H,1-8H2,(H,14,20)(H,15,17)(H,18,19). The lowest BCUT2D eigenvalue weighted by atomic mass is 10.2. The third-order valence-electron chi connectivity index (χ3n) is 3.40. The Kier molecular flexibility index (Phi) is 5.38. The molecule has 3 amide bonds. The molecule has 8 nitrogen and oxygen atoms in total. The van der Waals surface area contributed by atoms with E-state index in [-0.39, 0.29) is 37.9 Å². The number of urea groups is 1. The maximum Gasteiger partial charge on any atom is 0.317 e. The molecule has 0 aromatic carbocycles. The van der Waals surface area contributed by atoms with Crippen molar-refractivity contribution < 1.29 is 24.2 Å². The Labute approximate surface area is 122 Å². The van der Waals surface area contributed by atoms with Crippen molar-refractivity contribution in [1.29, 1.82) is 0 Å². The molecule has 118 valence electrons. The molecule has 0 radical (unpaired) electrons. The van der Waals surface area contributed by atoms with Crippen LogP contribution in [0.2, 0.25) is 0 Å². The van der Waals surface area contributed by atoms with Crippen molar-refractivity contribution in [2.75, 3.05) is 26.2 Å². The summed E-state index contributed by atoms with van der Waals surface area (Å²) < 4.78 is 5.30. The molecule has 1 atom stereocenters. The Balaban J connectivity index is 1.64. The third kappa shape index (κ3) is 5.58. The van der Waals surface area contributed by atoms with Gasteiger partial charge in [0.25, 0.3) is 0 Å². The van der Waals surface area contributed by atoms with Gasteiger partial charge < -0.3 is 25.4 Å². The Bertz CT molecular complexity index is 411. The number of nitrogens with one attached hydrogen (secondary N) is 2. The van der Waals surface area contributed by atoms with E-state index in [1.165, 1.54) is 4.90 Å². The zero-order valence-corrected chi connectivity index (χ0v) is 11.8. The summed E-state index contributed by atoms with van der Waals surface area (Å²) >= 11 is 0. The predicted molar refractivity (Wildman–Crippen MR) is 72.7 cm³/mol. The second kappa shape index (κ2) is 7.26. The van der Waals surface area contributed by atoms with Crippen LogP contribution in [0.3, 0.4) is 0 Å². The number of nitrogens with zero attached hydrogens (tertiary/aromatic N) is 1. The van der Waals surface area contributed by atoms with Gasteiger partial charge in [-0.25, -0.2) is 4.79 Å². The molecule has 0 aromatic rings. The minimum Gasteiger partial charge on any atom is -0.481 e. The molecule has 8 heteroatoms. The van der Waals surface area contributed by atoms with Crippen LogP contribution in [0.5, 0.6) is 0 Å². The van der Waals surface area contributed by atoms with Crippen LogP contribution in [0, 0.1) is 0 Å². The molecule has 1 aliphatic carbocycles. The molecule has 3 N–H and O–H groups in total. The summed E-state index contributed by atoms with van der Waals surface area (Å²) in [4.78, 5) is 35.6. The number of hydrogen-bond donors (Lipinski definition) is 3. The third-order valence-corrected chi connectivity index (χ3v) is 3.40. The van der Waals surface area contributed by atoms with Crippen molar-refractivity contribution in [1.82, 2.24) is 15.5 Å². The SMILES string of the molecule is O=C(O)CC1CN(C(=O)NCCC(=O)NC2CC2)CCO1. The van der Waals surface area contributed by atoms with Gasteiger partial charge in [0.1, 0.15) is 0 Å². The zero-order chi connectivity index (χ0) is 15.2. The molecule has 0 aromatic heterocycles. The molecule has 2 rings (SSSR count). The minimum absolute atomic E-state index is 0.0523. The van der Waals surface area contributed by atoms with Gasteiger partial charge in [-0.3, -0.25) is 9.59 Å². The van der Waals surface area contributed by atoms with E-state index in [1.807, 2.05) is 0 Å².